The summed E-state index contributed by atoms with van der Waals surface area (Å²) in [7, 11) is 3.60. The van der Waals surface area contributed by atoms with Crippen molar-refractivity contribution in [3.05, 3.63) is 12.2 Å². The van der Waals surface area contributed by atoms with Gasteiger partial charge in [0.2, 0.25) is 0 Å². The summed E-state index contributed by atoms with van der Waals surface area (Å²) in [5.41, 5.74) is 0. The third-order valence-electron chi connectivity index (χ3n) is 2.77. The van der Waals surface area contributed by atoms with E-state index in [0.29, 0.717) is 19.3 Å². The Balaban J connectivity index is 2.29. The van der Waals surface area contributed by atoms with Crippen LogP contribution < -0.4 is 5.32 Å². The molecule has 0 amide bonds. The Hall–Kier alpha value is -0.980. The molecule has 0 fully saturated rings. The van der Waals surface area contributed by atoms with Crippen molar-refractivity contribution in [3.8, 4) is 0 Å². The maximum atomic E-state index is 5.49. The maximum Gasteiger partial charge on any atom is 0.138 e. The zero-order valence-electron chi connectivity index (χ0n) is 11.6. The molecule has 1 rings (SSSR count). The smallest absolute Gasteiger partial charge is 0.138 e. The first-order valence-electron chi connectivity index (χ1n) is 6.40. The van der Waals surface area contributed by atoms with E-state index in [9.17, 15) is 0 Å². The van der Waals surface area contributed by atoms with Gasteiger partial charge in [0.15, 0.2) is 0 Å². The van der Waals surface area contributed by atoms with Crippen molar-refractivity contribution < 1.29 is 9.47 Å². The highest BCUT2D eigenvalue weighted by Gasteiger charge is 2.11. The molecule has 104 valence electrons. The van der Waals surface area contributed by atoms with Crippen molar-refractivity contribution in [1.29, 1.82) is 0 Å². The second-order valence-electron chi connectivity index (χ2n) is 4.15. The first-order chi connectivity index (χ1) is 8.77. The Labute approximate surface area is 109 Å². The summed E-state index contributed by atoms with van der Waals surface area (Å²) in [5.74, 6) is 0.998. The van der Waals surface area contributed by atoms with Gasteiger partial charge in [0, 0.05) is 33.2 Å². The minimum Gasteiger partial charge on any atom is -0.382 e. The van der Waals surface area contributed by atoms with E-state index < -0.39 is 0 Å². The van der Waals surface area contributed by atoms with Gasteiger partial charge in [-0.1, -0.05) is 6.92 Å². The Kier molecular flexibility index (Phi) is 7.55. The standard InChI is InChI=1S/C12H24N4O2/c1-4-13-11(5-6-18-8-7-17-3)9-12-14-10-15-16(12)2/h10-11,13H,4-9H2,1-3H3. The molecule has 6 nitrogen and oxygen atoms in total. The zero-order chi connectivity index (χ0) is 13.2. The SMILES string of the molecule is CCNC(CCOCCOC)Cc1ncnn1C. The van der Waals surface area contributed by atoms with Gasteiger partial charge in [-0.15, -0.1) is 0 Å². The van der Waals surface area contributed by atoms with Crippen LogP contribution in [0.2, 0.25) is 0 Å². The minimum absolute atomic E-state index is 0.375. The zero-order valence-corrected chi connectivity index (χ0v) is 11.6. The summed E-state index contributed by atoms with van der Waals surface area (Å²) in [6.07, 6.45) is 3.43. The van der Waals surface area contributed by atoms with Gasteiger partial charge in [-0.25, -0.2) is 4.98 Å². The van der Waals surface area contributed by atoms with Crippen molar-refractivity contribution in [2.75, 3.05) is 33.5 Å². The summed E-state index contributed by atoms with van der Waals surface area (Å²) in [5, 5.41) is 7.53. The third-order valence-corrected chi connectivity index (χ3v) is 2.77. The molecule has 1 atom stereocenters. The van der Waals surface area contributed by atoms with Gasteiger partial charge in [-0.05, 0) is 13.0 Å². The van der Waals surface area contributed by atoms with E-state index in [4.69, 9.17) is 9.47 Å². The number of hydrogen-bond acceptors (Lipinski definition) is 5. The van der Waals surface area contributed by atoms with Gasteiger partial charge >= 0.3 is 0 Å². The molecule has 1 unspecified atom stereocenters. The summed E-state index contributed by atoms with van der Waals surface area (Å²) in [4.78, 5) is 4.25. The molecule has 0 saturated heterocycles. The normalized spacial score (nSPS) is 12.8. The highest BCUT2D eigenvalue weighted by atomic mass is 16.5. The molecule has 0 aliphatic heterocycles. The molecule has 0 aliphatic rings. The second kappa shape index (κ2) is 9.02. The number of methoxy groups -OCH3 is 1. The number of aryl methyl sites for hydroxylation is 1. The van der Waals surface area contributed by atoms with Gasteiger partial charge in [0.1, 0.15) is 12.2 Å². The van der Waals surface area contributed by atoms with Gasteiger partial charge in [-0.2, -0.15) is 5.10 Å². The molecule has 1 aromatic rings. The number of likely N-dealkylation sites (N-methyl/N-ethyl adjacent to an activating group) is 1. The monoisotopic (exact) mass is 256 g/mol. The average Bonchev–Trinajstić information content (AvgIpc) is 2.75. The summed E-state index contributed by atoms with van der Waals surface area (Å²) in [6.45, 7) is 5.09. The lowest BCUT2D eigenvalue weighted by Crippen LogP contribution is -2.33. The van der Waals surface area contributed by atoms with Gasteiger partial charge < -0.3 is 14.8 Å². The molecule has 0 spiro atoms. The third kappa shape index (κ3) is 5.57. The average molecular weight is 256 g/mol. The van der Waals surface area contributed by atoms with Crippen LogP contribution in [0.3, 0.4) is 0 Å². The van der Waals surface area contributed by atoms with Crippen molar-refractivity contribution in [2.45, 2.75) is 25.8 Å². The predicted molar refractivity (Wildman–Crippen MR) is 69.5 cm³/mol. The topological polar surface area (TPSA) is 61.2 Å². The van der Waals surface area contributed by atoms with Crippen LogP contribution in [0.5, 0.6) is 0 Å². The molecule has 1 heterocycles. The van der Waals surface area contributed by atoms with Gasteiger partial charge in [0.05, 0.1) is 13.2 Å². The molecule has 1 N–H and O–H groups in total. The fourth-order valence-corrected chi connectivity index (χ4v) is 1.76. The van der Waals surface area contributed by atoms with Crippen LogP contribution in [0.4, 0.5) is 0 Å². The molecule has 6 heteroatoms. The maximum absolute atomic E-state index is 5.49. The summed E-state index contributed by atoms with van der Waals surface area (Å²) < 4.78 is 12.2. The van der Waals surface area contributed by atoms with E-state index in [1.807, 2.05) is 11.7 Å². The van der Waals surface area contributed by atoms with Crippen molar-refractivity contribution >= 4 is 0 Å². The molecule has 0 radical (unpaired) electrons. The van der Waals surface area contributed by atoms with E-state index in [-0.39, 0.29) is 0 Å². The summed E-state index contributed by atoms with van der Waals surface area (Å²) in [6, 6.07) is 0.375. The number of nitrogens with zero attached hydrogens (tertiary/aromatic N) is 3. The molecular formula is C12H24N4O2. The first-order valence-corrected chi connectivity index (χ1v) is 6.40. The number of ether oxygens (including phenoxy) is 2. The highest BCUT2D eigenvalue weighted by molar-refractivity contribution is 4.88. The van der Waals surface area contributed by atoms with Crippen LogP contribution in [0.15, 0.2) is 6.33 Å². The largest absolute Gasteiger partial charge is 0.382 e. The lowest BCUT2D eigenvalue weighted by Gasteiger charge is -2.17. The Morgan fingerprint density at radius 2 is 2.22 bits per heavy atom. The van der Waals surface area contributed by atoms with E-state index in [1.54, 1.807) is 13.4 Å². The van der Waals surface area contributed by atoms with E-state index in [1.165, 1.54) is 0 Å². The molecule has 0 saturated carbocycles. The fourth-order valence-electron chi connectivity index (χ4n) is 1.76. The lowest BCUT2D eigenvalue weighted by molar-refractivity contribution is 0.0657. The Bertz CT molecular complexity index is 317. The van der Waals surface area contributed by atoms with Gasteiger partial charge in [-0.3, -0.25) is 4.68 Å². The molecule has 18 heavy (non-hydrogen) atoms. The van der Waals surface area contributed by atoms with E-state index in [2.05, 4.69) is 22.3 Å². The molecule has 0 aliphatic carbocycles. The quantitative estimate of drug-likeness (QED) is 0.614. The molecular weight excluding hydrogens is 232 g/mol. The van der Waals surface area contributed by atoms with Crippen LogP contribution in [-0.4, -0.2) is 54.3 Å². The molecule has 0 bridgehead atoms. The fraction of sp³-hybridized carbons (Fsp3) is 0.833. The Morgan fingerprint density at radius 3 is 2.83 bits per heavy atom. The second-order valence-corrected chi connectivity index (χ2v) is 4.15. The van der Waals surface area contributed by atoms with Gasteiger partial charge in [0.25, 0.3) is 0 Å². The van der Waals surface area contributed by atoms with Crippen molar-refractivity contribution in [3.63, 3.8) is 0 Å². The number of nitrogens with one attached hydrogen (secondary N) is 1. The lowest BCUT2D eigenvalue weighted by atomic mass is 10.1. The number of rotatable bonds is 10. The van der Waals surface area contributed by atoms with Crippen LogP contribution >= 0.6 is 0 Å². The predicted octanol–water partition coefficient (Wildman–Crippen LogP) is 0.389. The van der Waals surface area contributed by atoms with Crippen molar-refractivity contribution in [1.82, 2.24) is 20.1 Å². The van der Waals surface area contributed by atoms with E-state index in [0.717, 1.165) is 31.8 Å². The van der Waals surface area contributed by atoms with Crippen LogP contribution in [-0.2, 0) is 22.9 Å². The molecule has 1 aromatic heterocycles. The number of aromatic nitrogens is 3. The Morgan fingerprint density at radius 1 is 1.39 bits per heavy atom. The van der Waals surface area contributed by atoms with Crippen LogP contribution in [0.25, 0.3) is 0 Å². The van der Waals surface area contributed by atoms with E-state index >= 15 is 0 Å². The molecule has 0 aromatic carbocycles. The summed E-state index contributed by atoms with van der Waals surface area (Å²) >= 11 is 0. The van der Waals surface area contributed by atoms with Crippen LogP contribution in [0.1, 0.15) is 19.2 Å². The van der Waals surface area contributed by atoms with Crippen molar-refractivity contribution in [2.24, 2.45) is 7.05 Å². The van der Waals surface area contributed by atoms with Crippen LogP contribution in [0, 0.1) is 0 Å². The first kappa shape index (κ1) is 15.1. The number of hydrogen-bond donors (Lipinski definition) is 1. The highest BCUT2D eigenvalue weighted by Crippen LogP contribution is 2.02. The minimum atomic E-state index is 0.375.